The molecule has 0 fully saturated rings. The predicted molar refractivity (Wildman–Crippen MR) is 127 cm³/mol. The molecule has 0 bridgehead atoms. The quantitative estimate of drug-likeness (QED) is 0.481. The van der Waals surface area contributed by atoms with E-state index in [4.69, 9.17) is 16.3 Å². The SMILES string of the molecule is CC(Oc1ccc(N(C)S(=O)(=O)c2ccc(Cl)cc2)cc1)C(=O)NCCc1ccc(F)cc1. The van der Waals surface area contributed by atoms with E-state index in [2.05, 4.69) is 5.32 Å². The Kier molecular flexibility index (Phi) is 7.94. The summed E-state index contributed by atoms with van der Waals surface area (Å²) in [5.41, 5.74) is 1.35. The highest BCUT2D eigenvalue weighted by atomic mass is 35.5. The summed E-state index contributed by atoms with van der Waals surface area (Å²) in [7, 11) is -2.29. The lowest BCUT2D eigenvalue weighted by Crippen LogP contribution is -2.37. The molecular formula is C24H24ClFN2O4S. The number of rotatable bonds is 9. The summed E-state index contributed by atoms with van der Waals surface area (Å²) in [6.07, 6.45) is -0.179. The molecule has 0 spiro atoms. The van der Waals surface area contributed by atoms with Gasteiger partial charge in [-0.05, 0) is 79.6 Å². The van der Waals surface area contributed by atoms with Crippen molar-refractivity contribution in [2.24, 2.45) is 0 Å². The largest absolute Gasteiger partial charge is 0.481 e. The third-order valence-electron chi connectivity index (χ3n) is 4.98. The highest BCUT2D eigenvalue weighted by molar-refractivity contribution is 7.92. The van der Waals surface area contributed by atoms with Gasteiger partial charge < -0.3 is 10.1 Å². The van der Waals surface area contributed by atoms with Crippen LogP contribution in [-0.2, 0) is 21.2 Å². The molecule has 0 aliphatic heterocycles. The minimum absolute atomic E-state index is 0.126. The first kappa shape index (κ1) is 24.5. The van der Waals surface area contributed by atoms with E-state index in [9.17, 15) is 17.6 Å². The summed E-state index contributed by atoms with van der Waals surface area (Å²) in [6, 6.07) is 18.4. The average molecular weight is 491 g/mol. The minimum atomic E-state index is -3.74. The number of anilines is 1. The Balaban J connectivity index is 1.55. The van der Waals surface area contributed by atoms with Gasteiger partial charge in [-0.15, -0.1) is 0 Å². The Morgan fingerprint density at radius 3 is 2.24 bits per heavy atom. The van der Waals surface area contributed by atoms with Crippen LogP contribution in [0.3, 0.4) is 0 Å². The lowest BCUT2D eigenvalue weighted by molar-refractivity contribution is -0.127. The highest BCUT2D eigenvalue weighted by Gasteiger charge is 2.21. The van der Waals surface area contributed by atoms with E-state index in [1.165, 1.54) is 43.4 Å². The average Bonchev–Trinajstić information content (AvgIpc) is 2.80. The normalized spacial score (nSPS) is 12.1. The van der Waals surface area contributed by atoms with Gasteiger partial charge in [-0.25, -0.2) is 12.8 Å². The molecule has 0 heterocycles. The first-order chi connectivity index (χ1) is 15.7. The Labute approximate surface area is 198 Å². The van der Waals surface area contributed by atoms with Crippen molar-refractivity contribution in [2.45, 2.75) is 24.3 Å². The lowest BCUT2D eigenvalue weighted by atomic mass is 10.1. The van der Waals surface area contributed by atoms with Crippen LogP contribution >= 0.6 is 11.6 Å². The van der Waals surface area contributed by atoms with Gasteiger partial charge in [0.15, 0.2) is 6.10 Å². The van der Waals surface area contributed by atoms with E-state index < -0.39 is 16.1 Å². The molecule has 0 aliphatic rings. The van der Waals surface area contributed by atoms with Gasteiger partial charge in [0.25, 0.3) is 15.9 Å². The van der Waals surface area contributed by atoms with E-state index in [-0.39, 0.29) is 16.6 Å². The smallest absolute Gasteiger partial charge is 0.264 e. The maximum Gasteiger partial charge on any atom is 0.264 e. The van der Waals surface area contributed by atoms with E-state index in [1.807, 2.05) is 0 Å². The number of sulfonamides is 1. The Morgan fingerprint density at radius 2 is 1.64 bits per heavy atom. The van der Waals surface area contributed by atoms with Gasteiger partial charge in [-0.1, -0.05) is 23.7 Å². The Bertz CT molecular complexity index is 1180. The van der Waals surface area contributed by atoms with Gasteiger partial charge >= 0.3 is 0 Å². The number of hydrogen-bond acceptors (Lipinski definition) is 4. The lowest BCUT2D eigenvalue weighted by Gasteiger charge is -2.20. The minimum Gasteiger partial charge on any atom is -0.481 e. The summed E-state index contributed by atoms with van der Waals surface area (Å²) < 4.78 is 45.4. The van der Waals surface area contributed by atoms with Crippen molar-refractivity contribution < 1.29 is 22.3 Å². The summed E-state index contributed by atoms with van der Waals surface area (Å²) in [5.74, 6) is -0.162. The fourth-order valence-corrected chi connectivity index (χ4v) is 4.34. The second-order valence-corrected chi connectivity index (χ2v) is 9.75. The molecule has 0 radical (unpaired) electrons. The van der Waals surface area contributed by atoms with Crippen LogP contribution in [0.1, 0.15) is 12.5 Å². The van der Waals surface area contributed by atoms with Gasteiger partial charge in [-0.3, -0.25) is 9.10 Å². The van der Waals surface area contributed by atoms with Crippen LogP contribution in [0.15, 0.2) is 77.7 Å². The number of carbonyl (C=O) groups excluding carboxylic acids is 1. The van der Waals surface area contributed by atoms with Crippen LogP contribution in [0.5, 0.6) is 5.75 Å². The summed E-state index contributed by atoms with van der Waals surface area (Å²) in [4.78, 5) is 12.4. The molecule has 0 saturated carbocycles. The number of benzene rings is 3. The fourth-order valence-electron chi connectivity index (χ4n) is 3.02. The van der Waals surface area contributed by atoms with Crippen LogP contribution in [0.2, 0.25) is 5.02 Å². The van der Waals surface area contributed by atoms with Gasteiger partial charge in [0.1, 0.15) is 11.6 Å². The van der Waals surface area contributed by atoms with Crippen molar-refractivity contribution >= 4 is 33.2 Å². The van der Waals surface area contributed by atoms with Crippen molar-refractivity contribution in [3.63, 3.8) is 0 Å². The number of halogens is 2. The number of amides is 1. The van der Waals surface area contributed by atoms with Gasteiger partial charge in [0, 0.05) is 18.6 Å². The first-order valence-electron chi connectivity index (χ1n) is 10.2. The monoisotopic (exact) mass is 490 g/mol. The van der Waals surface area contributed by atoms with Crippen LogP contribution in [0, 0.1) is 5.82 Å². The third kappa shape index (κ3) is 6.46. The molecule has 174 valence electrons. The maximum absolute atomic E-state index is 12.9. The van der Waals surface area contributed by atoms with Crippen molar-refractivity contribution in [1.82, 2.24) is 5.32 Å². The standard InChI is InChI=1S/C24H24ClFN2O4S/c1-17(24(29)27-16-15-18-3-7-20(26)8-4-18)32-22-11-9-21(10-12-22)28(2)33(30,31)23-13-5-19(25)6-14-23/h3-14,17H,15-16H2,1-2H3,(H,27,29). The van der Waals surface area contributed by atoms with Gasteiger partial charge in [-0.2, -0.15) is 0 Å². The summed E-state index contributed by atoms with van der Waals surface area (Å²) in [5, 5.41) is 3.23. The zero-order valence-electron chi connectivity index (χ0n) is 18.2. The van der Waals surface area contributed by atoms with Crippen molar-refractivity contribution in [3.05, 3.63) is 89.2 Å². The molecule has 33 heavy (non-hydrogen) atoms. The molecule has 1 unspecified atom stereocenters. The molecule has 6 nitrogen and oxygen atoms in total. The molecule has 1 atom stereocenters. The molecule has 3 aromatic rings. The van der Waals surface area contributed by atoms with Crippen molar-refractivity contribution in [1.29, 1.82) is 0 Å². The second-order valence-electron chi connectivity index (χ2n) is 7.35. The molecule has 0 aliphatic carbocycles. The van der Waals surface area contributed by atoms with E-state index in [1.54, 1.807) is 43.3 Å². The van der Waals surface area contributed by atoms with Crippen LogP contribution in [-0.4, -0.2) is 34.0 Å². The molecule has 0 saturated heterocycles. The molecule has 3 rings (SSSR count). The van der Waals surface area contributed by atoms with E-state index in [0.29, 0.717) is 29.4 Å². The van der Waals surface area contributed by atoms with Gasteiger partial charge in [0.2, 0.25) is 0 Å². The number of carbonyl (C=O) groups is 1. The number of nitrogens with zero attached hydrogens (tertiary/aromatic N) is 1. The zero-order valence-corrected chi connectivity index (χ0v) is 19.7. The van der Waals surface area contributed by atoms with Crippen molar-refractivity contribution in [3.8, 4) is 5.75 Å². The number of hydrogen-bond donors (Lipinski definition) is 1. The Morgan fingerprint density at radius 1 is 1.03 bits per heavy atom. The third-order valence-corrected chi connectivity index (χ3v) is 7.03. The Hall–Kier alpha value is -3.10. The predicted octanol–water partition coefficient (Wildman–Crippen LogP) is 4.43. The molecule has 1 N–H and O–H groups in total. The topological polar surface area (TPSA) is 75.7 Å². The summed E-state index contributed by atoms with van der Waals surface area (Å²) >= 11 is 5.84. The van der Waals surface area contributed by atoms with Gasteiger partial charge in [0.05, 0.1) is 10.6 Å². The molecule has 1 amide bonds. The molecular weight excluding hydrogens is 467 g/mol. The fraction of sp³-hybridized carbons (Fsp3) is 0.208. The highest BCUT2D eigenvalue weighted by Crippen LogP contribution is 2.25. The molecule has 9 heteroatoms. The summed E-state index contributed by atoms with van der Waals surface area (Å²) in [6.45, 7) is 2.02. The number of ether oxygens (including phenoxy) is 1. The zero-order chi connectivity index (χ0) is 24.0. The van der Waals surface area contributed by atoms with Crippen molar-refractivity contribution in [2.75, 3.05) is 17.9 Å². The van der Waals surface area contributed by atoms with E-state index >= 15 is 0 Å². The molecule has 0 aromatic heterocycles. The second kappa shape index (κ2) is 10.7. The van der Waals surface area contributed by atoms with Crippen LogP contribution < -0.4 is 14.4 Å². The van der Waals surface area contributed by atoms with Crippen LogP contribution in [0.25, 0.3) is 0 Å². The number of nitrogens with one attached hydrogen (secondary N) is 1. The first-order valence-corrected chi connectivity index (χ1v) is 12.0. The van der Waals surface area contributed by atoms with Crippen LogP contribution in [0.4, 0.5) is 10.1 Å². The maximum atomic E-state index is 12.9. The molecule has 3 aromatic carbocycles. The van der Waals surface area contributed by atoms with E-state index in [0.717, 1.165) is 9.87 Å².